The maximum Gasteiger partial charge on any atom is -0.147 e. The van der Waals surface area contributed by atoms with Gasteiger partial charge in [-0.05, 0) is 0 Å². The van der Waals surface area contributed by atoms with Gasteiger partial charge < -0.3 is 0 Å². The van der Waals surface area contributed by atoms with Gasteiger partial charge in [-0.3, -0.25) is 0 Å². The van der Waals surface area contributed by atoms with E-state index in [9.17, 15) is 0 Å². The van der Waals surface area contributed by atoms with Gasteiger partial charge in [-0.1, -0.05) is 0 Å². The van der Waals surface area contributed by atoms with Gasteiger partial charge in [-0.25, -0.2) is 0 Å². The van der Waals surface area contributed by atoms with E-state index in [2.05, 4.69) is 93.5 Å². The molecule has 0 saturated carbocycles. The van der Waals surface area contributed by atoms with Crippen LogP contribution in [0.25, 0.3) is 0 Å². The molecule has 6 heteroatoms. The molecule has 0 aliphatic carbocycles. The van der Waals surface area contributed by atoms with Crippen LogP contribution in [-0.2, 0) is 29.0 Å². The summed E-state index contributed by atoms with van der Waals surface area (Å²) in [6, 6.07) is 12.7. The molecule has 0 N–H and O–H groups in total. The Kier molecular flexibility index (Phi) is 10.9. The average molecular weight is 555 g/mol. The minimum Gasteiger partial charge on any atom is -0.147 e. The van der Waals surface area contributed by atoms with Crippen LogP contribution in [0.4, 0.5) is 0 Å². The molecule has 0 radical (unpaired) electrons. The fraction of sp³-hybridized carbons (Fsp3) is 0.414. The first kappa shape index (κ1) is 31.5. The molecule has 3 nitrogen and oxygen atoms in total. The fourth-order valence-electron chi connectivity index (χ4n) is 4.29. The molecule has 0 saturated heterocycles. The zero-order valence-electron chi connectivity index (χ0n) is 22.7. The minimum atomic E-state index is -2.67. The third-order valence-corrected chi connectivity index (χ3v) is 8.01. The number of furan rings is 1. The molecule has 2 aromatic carbocycles. The largest absolute Gasteiger partial charge is 0.147 e. The number of aryl methyl sites for hydroxylation is 4. The number of hydrogen-bond acceptors (Lipinski definition) is 3. The molecule has 192 valence electrons. The molecular formula is C29H40Cl2O3Ti. The first-order valence-corrected chi connectivity index (χ1v) is 13.8. The molecule has 0 aliphatic heterocycles. The van der Waals surface area contributed by atoms with E-state index in [4.69, 9.17) is 11.1 Å². The number of benzene rings is 2. The molecule has 1 aromatic heterocycles. The second-order valence-electron chi connectivity index (χ2n) is 11.0. The van der Waals surface area contributed by atoms with Gasteiger partial charge in [0.05, 0.1) is 0 Å². The molecule has 0 bridgehead atoms. The van der Waals surface area contributed by atoms with Crippen LogP contribution in [0, 0.1) is 27.7 Å². The van der Waals surface area contributed by atoms with Crippen molar-refractivity contribution in [1.29, 1.82) is 0 Å². The third-order valence-electron chi connectivity index (χ3n) is 5.88. The van der Waals surface area contributed by atoms with Crippen LogP contribution in [0.2, 0.25) is 0 Å². The summed E-state index contributed by atoms with van der Waals surface area (Å²) in [5.74, 6) is 2.57. The maximum absolute atomic E-state index is 6.65. The van der Waals surface area contributed by atoms with Gasteiger partial charge in [-0.15, -0.1) is 24.8 Å². The van der Waals surface area contributed by atoms with Crippen LogP contribution in [0.1, 0.15) is 80.7 Å². The summed E-state index contributed by atoms with van der Waals surface area (Å²) in [7, 11) is 0. The van der Waals surface area contributed by atoms with Gasteiger partial charge in [0.1, 0.15) is 0 Å². The summed E-state index contributed by atoms with van der Waals surface area (Å²) in [5.41, 5.74) is 7.48. The predicted molar refractivity (Wildman–Crippen MR) is 149 cm³/mol. The summed E-state index contributed by atoms with van der Waals surface area (Å²) in [4.78, 5) is 0. The number of hydrogen-bond donors (Lipinski definition) is 0. The topological polar surface area (TPSA) is 31.6 Å². The minimum absolute atomic E-state index is 0. The Hall–Kier alpha value is -1.52. The van der Waals surface area contributed by atoms with E-state index in [1.165, 1.54) is 22.3 Å². The predicted octanol–water partition coefficient (Wildman–Crippen LogP) is 8.71. The fourth-order valence-corrected chi connectivity index (χ4v) is 6.52. The molecule has 0 fully saturated rings. The van der Waals surface area contributed by atoms with Crippen molar-refractivity contribution < 1.29 is 29.2 Å². The van der Waals surface area contributed by atoms with Crippen LogP contribution in [0.15, 0.2) is 47.1 Å². The van der Waals surface area contributed by atoms with Gasteiger partial charge >= 0.3 is 207 Å². The SMILES string of the molecule is Cc1cc(C)c(C(C)(C)C)cc1[O][Ti](=[CH]c1ccco1)[O]c1cc(C(C)(C)C)c(C)cc1C.Cl.Cl. The van der Waals surface area contributed by atoms with Crippen LogP contribution in [0.5, 0.6) is 11.5 Å². The summed E-state index contributed by atoms with van der Waals surface area (Å²) in [6.07, 6.45) is 1.69. The number of halogens is 2. The Morgan fingerprint density at radius 3 is 1.46 bits per heavy atom. The van der Waals surface area contributed by atoms with Crippen molar-refractivity contribution in [3.63, 3.8) is 0 Å². The van der Waals surface area contributed by atoms with E-state index >= 15 is 0 Å². The Labute approximate surface area is 230 Å². The van der Waals surface area contributed by atoms with Crippen LogP contribution >= 0.6 is 24.8 Å². The quantitative estimate of drug-likeness (QED) is 0.295. The van der Waals surface area contributed by atoms with Crippen molar-refractivity contribution in [2.45, 2.75) is 80.1 Å². The van der Waals surface area contributed by atoms with Gasteiger partial charge in [0, 0.05) is 0 Å². The summed E-state index contributed by atoms with van der Waals surface area (Å²) in [5, 5.41) is 0. The molecule has 0 amide bonds. The molecule has 0 atom stereocenters. The Balaban J connectivity index is 0.00000306. The Morgan fingerprint density at radius 2 is 1.11 bits per heavy atom. The normalized spacial score (nSPS) is 11.3. The zero-order chi connectivity index (χ0) is 24.6. The molecule has 3 rings (SSSR count). The average Bonchev–Trinajstić information content (AvgIpc) is 3.17. The van der Waals surface area contributed by atoms with Gasteiger partial charge in [0.2, 0.25) is 0 Å². The monoisotopic (exact) mass is 554 g/mol. The molecule has 0 spiro atoms. The summed E-state index contributed by atoms with van der Waals surface area (Å²) in [6.45, 7) is 22.0. The van der Waals surface area contributed by atoms with E-state index in [1.807, 2.05) is 16.4 Å². The molecule has 1 heterocycles. The molecular weight excluding hydrogens is 515 g/mol. The zero-order valence-corrected chi connectivity index (χ0v) is 25.9. The van der Waals surface area contributed by atoms with E-state index in [1.54, 1.807) is 6.26 Å². The van der Waals surface area contributed by atoms with E-state index < -0.39 is 18.2 Å². The maximum atomic E-state index is 6.65. The van der Waals surface area contributed by atoms with E-state index in [-0.39, 0.29) is 35.6 Å². The van der Waals surface area contributed by atoms with E-state index in [0.29, 0.717) is 0 Å². The third kappa shape index (κ3) is 7.99. The van der Waals surface area contributed by atoms with Gasteiger partial charge in [-0.2, -0.15) is 0 Å². The molecule has 0 aliphatic rings. The first-order chi connectivity index (χ1) is 15.3. The van der Waals surface area contributed by atoms with Crippen LogP contribution in [0.3, 0.4) is 0 Å². The molecule has 35 heavy (non-hydrogen) atoms. The van der Waals surface area contributed by atoms with Crippen molar-refractivity contribution in [2.75, 3.05) is 0 Å². The summed E-state index contributed by atoms with van der Waals surface area (Å²) >= 11 is -2.67. The van der Waals surface area contributed by atoms with Crippen LogP contribution in [-0.4, -0.2) is 4.31 Å². The number of rotatable bonds is 5. The standard InChI is InChI=1S/2C12H18O.C5H4O.2ClH.Ti/c2*1-8-6-9(2)11(13)7-10(8)12(3,4)5;1-5-3-2-4-6-5;;;/h2*6-7,13H,1-5H3;1-4H;2*1H;/q;;;;;+2/p-2. The second-order valence-corrected chi connectivity index (χ2v) is 13.1. The van der Waals surface area contributed by atoms with Crippen molar-refractivity contribution in [2.24, 2.45) is 0 Å². The molecule has 0 unspecified atom stereocenters. The summed E-state index contributed by atoms with van der Waals surface area (Å²) < 4.78 is 21.0. The Bertz CT molecular complexity index is 1090. The van der Waals surface area contributed by atoms with E-state index in [0.717, 1.165) is 28.4 Å². The second kappa shape index (κ2) is 12.1. The van der Waals surface area contributed by atoms with Crippen molar-refractivity contribution in [3.8, 4) is 11.5 Å². The smallest absolute Gasteiger partial charge is 0.147 e. The van der Waals surface area contributed by atoms with Crippen LogP contribution < -0.4 is 6.64 Å². The van der Waals surface area contributed by atoms with Crippen molar-refractivity contribution in [3.05, 3.63) is 81.8 Å². The Morgan fingerprint density at radius 1 is 0.686 bits per heavy atom. The van der Waals surface area contributed by atoms with Gasteiger partial charge in [0.15, 0.2) is 0 Å². The van der Waals surface area contributed by atoms with Crippen molar-refractivity contribution >= 4 is 29.1 Å². The van der Waals surface area contributed by atoms with Gasteiger partial charge in [0.25, 0.3) is 0 Å². The molecule has 3 aromatic rings. The first-order valence-electron chi connectivity index (χ1n) is 11.6. The van der Waals surface area contributed by atoms with Crippen molar-refractivity contribution in [1.82, 2.24) is 0 Å².